The molecule has 0 spiro atoms. The summed E-state index contributed by atoms with van der Waals surface area (Å²) in [5.41, 5.74) is 1.13. The zero-order valence-electron chi connectivity index (χ0n) is 18.2. The zero-order chi connectivity index (χ0) is 22.9. The van der Waals surface area contributed by atoms with Crippen molar-refractivity contribution in [1.82, 2.24) is 4.98 Å². The fourth-order valence-electron chi connectivity index (χ4n) is 4.05. The highest BCUT2D eigenvalue weighted by molar-refractivity contribution is 7.13. The van der Waals surface area contributed by atoms with Gasteiger partial charge in [0, 0.05) is 17.6 Å². The maximum Gasteiger partial charge on any atom is 0.297 e. The van der Waals surface area contributed by atoms with Gasteiger partial charge in [-0.05, 0) is 43.2 Å². The standard InChI is InChI=1S/C25H22N2O5S/c1-3-11-31-16-7-5-6-15(13-16)21-20-22(28)18-9-8-17(30-4-2)14-19(18)32-23(20)24(29)27(21)25-26-10-12-33-25/h5-10,12-14,21H,3-4,11H2,1-2H3. The Kier molecular flexibility index (Phi) is 5.60. The number of rotatable bonds is 7. The van der Waals surface area contributed by atoms with E-state index in [2.05, 4.69) is 4.98 Å². The van der Waals surface area contributed by atoms with E-state index in [1.54, 1.807) is 29.8 Å². The van der Waals surface area contributed by atoms with Crippen LogP contribution >= 0.6 is 11.3 Å². The van der Waals surface area contributed by atoms with Crippen molar-refractivity contribution >= 4 is 33.3 Å². The third-order valence-corrected chi connectivity index (χ3v) is 6.20. The summed E-state index contributed by atoms with van der Waals surface area (Å²) in [6.07, 6.45) is 2.51. The smallest absolute Gasteiger partial charge is 0.297 e. The molecule has 2 aromatic carbocycles. The average Bonchev–Trinajstić information content (AvgIpc) is 3.45. The third-order valence-electron chi connectivity index (χ3n) is 5.43. The van der Waals surface area contributed by atoms with Crippen LogP contribution in [0.1, 0.15) is 48.0 Å². The number of amides is 1. The fraction of sp³-hybridized carbons (Fsp3) is 0.240. The van der Waals surface area contributed by atoms with Gasteiger partial charge >= 0.3 is 0 Å². The lowest BCUT2D eigenvalue weighted by Gasteiger charge is -2.23. The van der Waals surface area contributed by atoms with Gasteiger partial charge in [0.2, 0.25) is 5.76 Å². The number of benzene rings is 2. The molecule has 5 rings (SSSR count). The maximum atomic E-state index is 13.7. The van der Waals surface area contributed by atoms with Crippen LogP contribution in [0.5, 0.6) is 11.5 Å². The van der Waals surface area contributed by atoms with Crippen LogP contribution in [-0.4, -0.2) is 24.1 Å². The van der Waals surface area contributed by atoms with E-state index in [0.29, 0.717) is 46.4 Å². The van der Waals surface area contributed by atoms with E-state index in [-0.39, 0.29) is 11.2 Å². The van der Waals surface area contributed by atoms with Gasteiger partial charge in [-0.15, -0.1) is 11.3 Å². The highest BCUT2D eigenvalue weighted by Gasteiger charge is 2.44. The number of ether oxygens (including phenoxy) is 2. The summed E-state index contributed by atoms with van der Waals surface area (Å²) in [5, 5.41) is 2.69. The van der Waals surface area contributed by atoms with Gasteiger partial charge in [0.15, 0.2) is 10.6 Å². The second kappa shape index (κ2) is 8.71. The van der Waals surface area contributed by atoms with Crippen LogP contribution in [0.2, 0.25) is 0 Å². The van der Waals surface area contributed by atoms with Crippen molar-refractivity contribution in [3.8, 4) is 11.5 Å². The van der Waals surface area contributed by atoms with Crippen molar-refractivity contribution in [2.24, 2.45) is 0 Å². The van der Waals surface area contributed by atoms with Crippen molar-refractivity contribution in [1.29, 1.82) is 0 Å². The first-order valence-electron chi connectivity index (χ1n) is 10.8. The van der Waals surface area contributed by atoms with Crippen LogP contribution in [0, 0.1) is 0 Å². The molecule has 33 heavy (non-hydrogen) atoms. The maximum absolute atomic E-state index is 13.7. The third kappa shape index (κ3) is 3.66. The largest absolute Gasteiger partial charge is 0.494 e. The van der Waals surface area contributed by atoms with E-state index >= 15 is 0 Å². The summed E-state index contributed by atoms with van der Waals surface area (Å²) in [6.45, 7) is 4.97. The molecule has 0 aliphatic carbocycles. The van der Waals surface area contributed by atoms with E-state index in [1.807, 2.05) is 38.1 Å². The molecule has 0 saturated carbocycles. The van der Waals surface area contributed by atoms with Crippen molar-refractivity contribution in [3.05, 3.63) is 81.2 Å². The number of nitrogens with zero attached hydrogens (tertiary/aromatic N) is 2. The van der Waals surface area contributed by atoms with Gasteiger partial charge in [-0.25, -0.2) is 4.98 Å². The van der Waals surface area contributed by atoms with Crippen molar-refractivity contribution in [2.45, 2.75) is 26.3 Å². The second-order valence-electron chi connectivity index (χ2n) is 7.58. The van der Waals surface area contributed by atoms with E-state index < -0.39 is 11.9 Å². The summed E-state index contributed by atoms with van der Waals surface area (Å²) in [5.74, 6) is 0.889. The number of anilines is 1. The Bertz CT molecular complexity index is 1380. The topological polar surface area (TPSA) is 81.9 Å². The highest BCUT2D eigenvalue weighted by atomic mass is 32.1. The van der Waals surface area contributed by atoms with Gasteiger partial charge in [0.25, 0.3) is 5.91 Å². The molecular formula is C25H22N2O5S. The SMILES string of the molecule is CCCOc1cccc(C2c3c(oc4cc(OCC)ccc4c3=O)C(=O)N2c2nccs2)c1. The van der Waals surface area contributed by atoms with Crippen LogP contribution in [-0.2, 0) is 0 Å². The Balaban J connectivity index is 1.72. The molecule has 1 unspecified atom stereocenters. The minimum Gasteiger partial charge on any atom is -0.494 e. The van der Waals surface area contributed by atoms with Gasteiger partial charge in [0.1, 0.15) is 17.1 Å². The number of hydrogen-bond acceptors (Lipinski definition) is 7. The lowest BCUT2D eigenvalue weighted by molar-refractivity contribution is 0.0970. The van der Waals surface area contributed by atoms with E-state index in [1.165, 1.54) is 16.2 Å². The van der Waals surface area contributed by atoms with Crippen molar-refractivity contribution in [2.75, 3.05) is 18.1 Å². The number of carbonyl (C=O) groups excluding carboxylic acids is 1. The molecule has 0 N–H and O–H groups in total. The lowest BCUT2D eigenvalue weighted by Crippen LogP contribution is -2.29. The Morgan fingerprint density at radius 2 is 1.94 bits per heavy atom. The molecule has 3 heterocycles. The number of hydrogen-bond donors (Lipinski definition) is 0. The van der Waals surface area contributed by atoms with Gasteiger partial charge < -0.3 is 13.9 Å². The second-order valence-corrected chi connectivity index (χ2v) is 8.45. The molecule has 168 valence electrons. The van der Waals surface area contributed by atoms with Gasteiger partial charge in [-0.1, -0.05) is 19.1 Å². The molecule has 0 saturated heterocycles. The summed E-state index contributed by atoms with van der Waals surface area (Å²) < 4.78 is 17.4. The number of aromatic nitrogens is 1. The first-order chi connectivity index (χ1) is 16.1. The average molecular weight is 463 g/mol. The number of fused-ring (bicyclic) bond motifs is 2. The minimum atomic E-state index is -0.670. The fourth-order valence-corrected chi connectivity index (χ4v) is 4.72. The Labute approximate surface area is 194 Å². The number of carbonyl (C=O) groups is 1. The predicted molar refractivity (Wildman–Crippen MR) is 127 cm³/mol. The molecule has 7 nitrogen and oxygen atoms in total. The zero-order valence-corrected chi connectivity index (χ0v) is 19.1. The molecule has 2 aromatic heterocycles. The van der Waals surface area contributed by atoms with Gasteiger partial charge in [-0.2, -0.15) is 0 Å². The van der Waals surface area contributed by atoms with Crippen molar-refractivity contribution in [3.63, 3.8) is 0 Å². The Hall–Kier alpha value is -3.65. The molecule has 1 aliphatic heterocycles. The molecule has 0 bridgehead atoms. The molecule has 4 aromatic rings. The highest BCUT2D eigenvalue weighted by Crippen LogP contribution is 2.42. The first kappa shape index (κ1) is 21.2. The van der Waals surface area contributed by atoms with Crippen LogP contribution < -0.4 is 19.8 Å². The quantitative estimate of drug-likeness (QED) is 0.376. The molecular weight excluding hydrogens is 440 g/mol. The molecule has 1 amide bonds. The van der Waals surface area contributed by atoms with E-state index in [9.17, 15) is 9.59 Å². The van der Waals surface area contributed by atoms with Crippen molar-refractivity contribution < 1.29 is 18.7 Å². The van der Waals surface area contributed by atoms with E-state index in [4.69, 9.17) is 13.9 Å². The molecule has 1 aliphatic rings. The summed E-state index contributed by atoms with van der Waals surface area (Å²) >= 11 is 1.33. The van der Waals surface area contributed by atoms with E-state index in [0.717, 1.165) is 12.0 Å². The van der Waals surface area contributed by atoms with Crippen LogP contribution in [0.25, 0.3) is 11.0 Å². The van der Waals surface area contributed by atoms with Crippen LogP contribution in [0.15, 0.2) is 63.3 Å². The molecule has 0 radical (unpaired) electrons. The van der Waals surface area contributed by atoms with Gasteiger partial charge in [0.05, 0.1) is 30.2 Å². The summed E-state index contributed by atoms with van der Waals surface area (Å²) in [6, 6.07) is 11.9. The number of thiazole rings is 1. The first-order valence-corrected chi connectivity index (χ1v) is 11.7. The Morgan fingerprint density at radius 3 is 2.70 bits per heavy atom. The molecule has 0 fully saturated rings. The van der Waals surface area contributed by atoms with Crippen LogP contribution in [0.4, 0.5) is 5.13 Å². The summed E-state index contributed by atoms with van der Waals surface area (Å²) in [4.78, 5) is 33.1. The predicted octanol–water partition coefficient (Wildman–Crippen LogP) is 5.19. The van der Waals surface area contributed by atoms with Gasteiger partial charge in [-0.3, -0.25) is 14.5 Å². The normalized spacial score (nSPS) is 15.2. The van der Waals surface area contributed by atoms with Crippen LogP contribution in [0.3, 0.4) is 0 Å². The lowest BCUT2D eigenvalue weighted by atomic mass is 9.98. The monoisotopic (exact) mass is 462 g/mol. The minimum absolute atomic E-state index is 0.0289. The molecule has 1 atom stereocenters. The Morgan fingerprint density at radius 1 is 1.09 bits per heavy atom. The summed E-state index contributed by atoms with van der Waals surface area (Å²) in [7, 11) is 0. The molecule has 8 heteroatoms.